The summed E-state index contributed by atoms with van der Waals surface area (Å²) in [6.07, 6.45) is 3.57. The predicted octanol–water partition coefficient (Wildman–Crippen LogP) is 3.19. The standard InChI is InChI=1S/C17H22N2O2/c1-4-19-17(13-10-14(20-3)12-18-11-13)15-8-6-7-9-16(15)21-5-2/h6-12,17,19H,4-5H2,1-3H3. The van der Waals surface area contributed by atoms with E-state index in [0.29, 0.717) is 6.61 Å². The van der Waals surface area contributed by atoms with E-state index < -0.39 is 0 Å². The van der Waals surface area contributed by atoms with Gasteiger partial charge in [-0.2, -0.15) is 0 Å². The molecule has 0 radical (unpaired) electrons. The van der Waals surface area contributed by atoms with E-state index in [4.69, 9.17) is 9.47 Å². The Kier molecular flexibility index (Phi) is 5.58. The normalized spacial score (nSPS) is 12.0. The van der Waals surface area contributed by atoms with Crippen molar-refractivity contribution in [2.24, 2.45) is 0 Å². The Hall–Kier alpha value is -2.07. The number of aromatic nitrogens is 1. The molecule has 0 aliphatic carbocycles. The van der Waals surface area contributed by atoms with E-state index in [1.165, 1.54) is 0 Å². The largest absolute Gasteiger partial charge is 0.495 e. The van der Waals surface area contributed by atoms with Gasteiger partial charge in [-0.25, -0.2) is 0 Å². The van der Waals surface area contributed by atoms with E-state index in [1.54, 1.807) is 13.3 Å². The molecule has 112 valence electrons. The lowest BCUT2D eigenvalue weighted by Gasteiger charge is -2.21. The molecule has 0 aliphatic rings. The summed E-state index contributed by atoms with van der Waals surface area (Å²) >= 11 is 0. The van der Waals surface area contributed by atoms with Gasteiger partial charge >= 0.3 is 0 Å². The van der Waals surface area contributed by atoms with Crippen LogP contribution in [0.1, 0.15) is 31.0 Å². The first-order chi connectivity index (χ1) is 10.3. The predicted molar refractivity (Wildman–Crippen MR) is 83.9 cm³/mol. The van der Waals surface area contributed by atoms with Gasteiger partial charge in [0.05, 0.1) is 26.0 Å². The van der Waals surface area contributed by atoms with E-state index in [1.807, 2.05) is 37.4 Å². The summed E-state index contributed by atoms with van der Waals surface area (Å²) in [7, 11) is 1.65. The maximum Gasteiger partial charge on any atom is 0.137 e. The van der Waals surface area contributed by atoms with Crippen LogP contribution in [0.25, 0.3) is 0 Å². The van der Waals surface area contributed by atoms with E-state index in [-0.39, 0.29) is 6.04 Å². The third-order valence-electron chi connectivity index (χ3n) is 3.24. The van der Waals surface area contributed by atoms with Gasteiger partial charge in [0.15, 0.2) is 0 Å². The van der Waals surface area contributed by atoms with Gasteiger partial charge in [-0.05, 0) is 31.2 Å². The summed E-state index contributed by atoms with van der Waals surface area (Å²) in [4.78, 5) is 4.25. The number of benzene rings is 1. The molecule has 0 aliphatic heterocycles. The zero-order chi connectivity index (χ0) is 15.1. The molecule has 0 fully saturated rings. The first-order valence-electron chi connectivity index (χ1n) is 7.24. The molecule has 1 aromatic heterocycles. The molecule has 0 saturated carbocycles. The molecule has 0 amide bonds. The van der Waals surface area contributed by atoms with Crippen LogP contribution in [-0.4, -0.2) is 25.2 Å². The summed E-state index contributed by atoms with van der Waals surface area (Å²) in [6, 6.07) is 10.1. The number of hydrogen-bond donors (Lipinski definition) is 1. The fraction of sp³-hybridized carbons (Fsp3) is 0.353. The topological polar surface area (TPSA) is 43.4 Å². The molecule has 1 unspecified atom stereocenters. The van der Waals surface area contributed by atoms with Crippen LogP contribution in [0.2, 0.25) is 0 Å². The van der Waals surface area contributed by atoms with Gasteiger partial charge in [0, 0.05) is 11.8 Å². The average Bonchev–Trinajstić information content (AvgIpc) is 2.54. The number of para-hydroxylation sites is 1. The average molecular weight is 286 g/mol. The maximum atomic E-state index is 5.75. The second-order valence-electron chi connectivity index (χ2n) is 4.62. The van der Waals surface area contributed by atoms with Crippen molar-refractivity contribution in [2.45, 2.75) is 19.9 Å². The summed E-state index contributed by atoms with van der Waals surface area (Å²) in [5, 5.41) is 3.49. The van der Waals surface area contributed by atoms with Crippen molar-refractivity contribution in [1.29, 1.82) is 0 Å². The van der Waals surface area contributed by atoms with Crippen LogP contribution in [0, 0.1) is 0 Å². The van der Waals surface area contributed by atoms with Crippen molar-refractivity contribution in [3.05, 3.63) is 53.9 Å². The Morgan fingerprint density at radius 1 is 1.19 bits per heavy atom. The Bertz CT molecular complexity index is 572. The van der Waals surface area contributed by atoms with Crippen molar-refractivity contribution in [3.63, 3.8) is 0 Å². The third kappa shape index (κ3) is 3.73. The molecule has 0 bridgehead atoms. The smallest absolute Gasteiger partial charge is 0.137 e. The zero-order valence-electron chi connectivity index (χ0n) is 12.8. The fourth-order valence-corrected chi connectivity index (χ4v) is 2.32. The minimum Gasteiger partial charge on any atom is -0.495 e. The van der Waals surface area contributed by atoms with Crippen molar-refractivity contribution in [2.75, 3.05) is 20.3 Å². The SMILES string of the molecule is CCNC(c1cncc(OC)c1)c1ccccc1OCC. The number of methoxy groups -OCH3 is 1. The van der Waals surface area contributed by atoms with Crippen LogP contribution >= 0.6 is 0 Å². The van der Waals surface area contributed by atoms with Gasteiger partial charge in [-0.3, -0.25) is 4.98 Å². The molecule has 1 aromatic carbocycles. The monoisotopic (exact) mass is 286 g/mol. The summed E-state index contributed by atoms with van der Waals surface area (Å²) in [5.41, 5.74) is 2.17. The highest BCUT2D eigenvalue weighted by atomic mass is 16.5. The fourth-order valence-electron chi connectivity index (χ4n) is 2.32. The highest BCUT2D eigenvalue weighted by Gasteiger charge is 2.18. The Morgan fingerprint density at radius 3 is 2.71 bits per heavy atom. The lowest BCUT2D eigenvalue weighted by Crippen LogP contribution is -2.23. The number of ether oxygens (including phenoxy) is 2. The van der Waals surface area contributed by atoms with Gasteiger partial charge in [0.1, 0.15) is 11.5 Å². The van der Waals surface area contributed by atoms with Crippen molar-refractivity contribution < 1.29 is 9.47 Å². The minimum atomic E-state index is 0.0281. The molecule has 4 heteroatoms. The van der Waals surface area contributed by atoms with Crippen molar-refractivity contribution in [1.82, 2.24) is 10.3 Å². The second kappa shape index (κ2) is 7.64. The van der Waals surface area contributed by atoms with Gasteiger partial charge in [-0.1, -0.05) is 25.1 Å². The molecule has 1 N–H and O–H groups in total. The third-order valence-corrected chi connectivity index (χ3v) is 3.24. The van der Waals surface area contributed by atoms with E-state index in [2.05, 4.69) is 23.3 Å². The number of nitrogens with zero attached hydrogens (tertiary/aromatic N) is 1. The van der Waals surface area contributed by atoms with E-state index in [0.717, 1.165) is 29.2 Å². The van der Waals surface area contributed by atoms with Crippen molar-refractivity contribution in [3.8, 4) is 11.5 Å². The van der Waals surface area contributed by atoms with Crippen LogP contribution in [0.4, 0.5) is 0 Å². The minimum absolute atomic E-state index is 0.0281. The Labute approximate surface area is 126 Å². The van der Waals surface area contributed by atoms with Crippen LogP contribution in [0.15, 0.2) is 42.7 Å². The first-order valence-corrected chi connectivity index (χ1v) is 7.24. The Morgan fingerprint density at radius 2 is 2.00 bits per heavy atom. The number of pyridine rings is 1. The van der Waals surface area contributed by atoms with Gasteiger partial charge in [0.2, 0.25) is 0 Å². The van der Waals surface area contributed by atoms with Gasteiger partial charge in [-0.15, -0.1) is 0 Å². The van der Waals surface area contributed by atoms with Crippen molar-refractivity contribution >= 4 is 0 Å². The molecule has 4 nitrogen and oxygen atoms in total. The summed E-state index contributed by atoms with van der Waals surface area (Å²) < 4.78 is 11.0. The summed E-state index contributed by atoms with van der Waals surface area (Å²) in [5.74, 6) is 1.65. The molecule has 1 atom stereocenters. The van der Waals surface area contributed by atoms with Crippen LogP contribution < -0.4 is 14.8 Å². The molecule has 2 aromatic rings. The molecule has 2 rings (SSSR count). The molecule has 21 heavy (non-hydrogen) atoms. The van der Waals surface area contributed by atoms with E-state index >= 15 is 0 Å². The second-order valence-corrected chi connectivity index (χ2v) is 4.62. The number of rotatable bonds is 7. The molecular formula is C17H22N2O2. The Balaban J connectivity index is 2.42. The van der Waals surface area contributed by atoms with Crippen LogP contribution in [0.5, 0.6) is 11.5 Å². The zero-order valence-corrected chi connectivity index (χ0v) is 12.8. The molecule has 0 saturated heterocycles. The number of hydrogen-bond acceptors (Lipinski definition) is 4. The lowest BCUT2D eigenvalue weighted by atomic mass is 9.99. The molecule has 1 heterocycles. The number of nitrogens with one attached hydrogen (secondary N) is 1. The first kappa shape index (κ1) is 15.3. The molecular weight excluding hydrogens is 264 g/mol. The maximum absolute atomic E-state index is 5.75. The summed E-state index contributed by atoms with van der Waals surface area (Å²) in [6.45, 7) is 5.57. The lowest BCUT2D eigenvalue weighted by molar-refractivity contribution is 0.333. The molecule has 0 spiro atoms. The van der Waals surface area contributed by atoms with Crippen LogP contribution in [0.3, 0.4) is 0 Å². The van der Waals surface area contributed by atoms with E-state index in [9.17, 15) is 0 Å². The van der Waals surface area contributed by atoms with Crippen LogP contribution in [-0.2, 0) is 0 Å². The quantitative estimate of drug-likeness (QED) is 0.849. The van der Waals surface area contributed by atoms with Gasteiger partial charge in [0.25, 0.3) is 0 Å². The van der Waals surface area contributed by atoms with Gasteiger partial charge < -0.3 is 14.8 Å². The highest BCUT2D eigenvalue weighted by Crippen LogP contribution is 2.31. The highest BCUT2D eigenvalue weighted by molar-refractivity contribution is 5.42.